The lowest BCUT2D eigenvalue weighted by Gasteiger charge is -2.13. The van der Waals surface area contributed by atoms with Gasteiger partial charge in [0.2, 0.25) is 0 Å². The maximum absolute atomic E-state index is 12.1. The molecule has 4 nitrogen and oxygen atoms in total. The Morgan fingerprint density at radius 3 is 2.71 bits per heavy atom. The van der Waals surface area contributed by atoms with E-state index in [0.717, 1.165) is 27.7 Å². The number of carbonyl (C=O) groups excluding carboxylic acids is 1. The Hall–Kier alpha value is -1.78. The number of amides is 1. The van der Waals surface area contributed by atoms with Gasteiger partial charge in [-0.25, -0.2) is 0 Å². The van der Waals surface area contributed by atoms with Crippen molar-refractivity contribution in [3.05, 3.63) is 52.4 Å². The van der Waals surface area contributed by atoms with Crippen molar-refractivity contribution in [2.24, 2.45) is 0 Å². The molecule has 0 aliphatic heterocycles. The quantitative estimate of drug-likeness (QED) is 0.889. The van der Waals surface area contributed by atoms with Crippen LogP contribution in [0.25, 0.3) is 0 Å². The fraction of sp³-hybridized carbons (Fsp3) is 0.312. The molecule has 5 heteroatoms. The van der Waals surface area contributed by atoms with E-state index in [4.69, 9.17) is 16.0 Å². The van der Waals surface area contributed by atoms with Gasteiger partial charge in [0.25, 0.3) is 5.91 Å². The minimum atomic E-state index is -0.0406. The van der Waals surface area contributed by atoms with Crippen LogP contribution in [0, 0.1) is 13.8 Å². The van der Waals surface area contributed by atoms with Gasteiger partial charge in [-0.15, -0.1) is 0 Å². The maximum atomic E-state index is 12.1. The van der Waals surface area contributed by atoms with Crippen LogP contribution in [0.5, 0.6) is 0 Å². The number of hydrogen-bond acceptors (Lipinski definition) is 2. The van der Waals surface area contributed by atoms with Crippen LogP contribution < -0.4 is 10.2 Å². The van der Waals surface area contributed by atoms with Gasteiger partial charge in [0, 0.05) is 10.7 Å². The number of rotatable bonds is 5. The average Bonchev–Trinajstić information content (AvgIpc) is 2.79. The number of likely N-dealkylation sites (N-methyl/N-ethyl adjacent to an activating group) is 1. The van der Waals surface area contributed by atoms with Crippen LogP contribution in [0.15, 0.2) is 34.7 Å². The van der Waals surface area contributed by atoms with Crippen molar-refractivity contribution < 1.29 is 14.1 Å². The van der Waals surface area contributed by atoms with E-state index in [9.17, 15) is 4.79 Å². The lowest BCUT2D eigenvalue weighted by Crippen LogP contribution is -3.08. The molecule has 2 aromatic rings. The molecule has 0 spiro atoms. The van der Waals surface area contributed by atoms with Crippen molar-refractivity contribution in [2.45, 2.75) is 20.4 Å². The van der Waals surface area contributed by atoms with Crippen molar-refractivity contribution in [2.75, 3.05) is 18.9 Å². The largest absolute Gasteiger partial charge is 0.460 e. The first kappa shape index (κ1) is 15.6. The van der Waals surface area contributed by atoms with E-state index in [1.807, 2.05) is 45.2 Å². The molecule has 1 amide bonds. The lowest BCUT2D eigenvalue weighted by molar-refractivity contribution is -0.886. The standard InChI is InChI=1S/C16H19ClN2O2/c1-11-4-6-13(17)8-15(11)18-16(20)10-19(3)9-14-7-5-12(2)21-14/h4-8H,9-10H2,1-3H3,(H,18,20)/p+1. The first-order chi connectivity index (χ1) is 9.94. The van der Waals surface area contributed by atoms with Crippen LogP contribution in [0.3, 0.4) is 0 Å². The highest BCUT2D eigenvalue weighted by atomic mass is 35.5. The summed E-state index contributed by atoms with van der Waals surface area (Å²) in [5.41, 5.74) is 1.75. The molecule has 1 heterocycles. The summed E-state index contributed by atoms with van der Waals surface area (Å²) in [7, 11) is 1.96. The Kier molecular flexibility index (Phi) is 5.04. The topological polar surface area (TPSA) is 46.7 Å². The first-order valence-corrected chi connectivity index (χ1v) is 7.24. The number of quaternary nitrogens is 1. The van der Waals surface area contributed by atoms with E-state index in [-0.39, 0.29) is 5.91 Å². The second-order valence-electron chi connectivity index (χ2n) is 5.33. The smallest absolute Gasteiger partial charge is 0.279 e. The highest BCUT2D eigenvalue weighted by molar-refractivity contribution is 6.31. The lowest BCUT2D eigenvalue weighted by atomic mass is 10.2. The molecule has 0 saturated carbocycles. The number of carbonyl (C=O) groups is 1. The van der Waals surface area contributed by atoms with Gasteiger partial charge < -0.3 is 14.6 Å². The fourth-order valence-corrected chi connectivity index (χ4v) is 2.31. The number of nitrogens with one attached hydrogen (secondary N) is 2. The number of anilines is 1. The number of benzene rings is 1. The van der Waals surface area contributed by atoms with E-state index in [0.29, 0.717) is 18.1 Å². The molecule has 0 fully saturated rings. The maximum Gasteiger partial charge on any atom is 0.279 e. The molecule has 0 saturated heterocycles. The Morgan fingerprint density at radius 2 is 2.05 bits per heavy atom. The second kappa shape index (κ2) is 6.78. The summed E-state index contributed by atoms with van der Waals surface area (Å²) in [5, 5.41) is 3.51. The summed E-state index contributed by atoms with van der Waals surface area (Å²) in [4.78, 5) is 13.1. The summed E-state index contributed by atoms with van der Waals surface area (Å²) in [5.74, 6) is 1.73. The van der Waals surface area contributed by atoms with Gasteiger partial charge in [-0.3, -0.25) is 4.79 Å². The summed E-state index contributed by atoms with van der Waals surface area (Å²) >= 11 is 5.95. The third kappa shape index (κ3) is 4.62. The molecular weight excluding hydrogens is 288 g/mol. The fourth-order valence-electron chi connectivity index (χ4n) is 2.14. The van der Waals surface area contributed by atoms with E-state index >= 15 is 0 Å². The van der Waals surface area contributed by atoms with Crippen molar-refractivity contribution in [1.82, 2.24) is 0 Å². The summed E-state index contributed by atoms with van der Waals surface area (Å²) in [6.07, 6.45) is 0. The number of furan rings is 1. The molecule has 112 valence electrons. The van der Waals surface area contributed by atoms with Crippen LogP contribution >= 0.6 is 11.6 Å². The van der Waals surface area contributed by atoms with Gasteiger partial charge in [-0.2, -0.15) is 0 Å². The molecule has 0 radical (unpaired) electrons. The second-order valence-corrected chi connectivity index (χ2v) is 5.77. The average molecular weight is 308 g/mol. The minimum absolute atomic E-state index is 0.0406. The van der Waals surface area contributed by atoms with Crippen molar-refractivity contribution >= 4 is 23.2 Å². The predicted octanol–water partition coefficient (Wildman–Crippen LogP) is 2.20. The molecule has 0 bridgehead atoms. The van der Waals surface area contributed by atoms with Gasteiger partial charge in [-0.05, 0) is 43.7 Å². The molecule has 1 aromatic carbocycles. The third-order valence-corrected chi connectivity index (χ3v) is 3.44. The van der Waals surface area contributed by atoms with E-state index in [2.05, 4.69) is 5.32 Å². The zero-order valence-corrected chi connectivity index (χ0v) is 13.3. The van der Waals surface area contributed by atoms with Gasteiger partial charge >= 0.3 is 0 Å². The van der Waals surface area contributed by atoms with Crippen LogP contribution in [0.2, 0.25) is 5.02 Å². The van der Waals surface area contributed by atoms with E-state index < -0.39 is 0 Å². The van der Waals surface area contributed by atoms with Crippen LogP contribution in [0.1, 0.15) is 17.1 Å². The van der Waals surface area contributed by atoms with Gasteiger partial charge in [-0.1, -0.05) is 17.7 Å². The SMILES string of the molecule is Cc1ccc(C[NH+](C)CC(=O)Nc2cc(Cl)ccc2C)o1. The molecule has 0 aliphatic carbocycles. The normalized spacial score (nSPS) is 12.2. The van der Waals surface area contributed by atoms with E-state index in [1.165, 1.54) is 0 Å². The molecule has 1 atom stereocenters. The monoisotopic (exact) mass is 307 g/mol. The highest BCUT2D eigenvalue weighted by Crippen LogP contribution is 2.19. The summed E-state index contributed by atoms with van der Waals surface area (Å²) < 4.78 is 5.52. The van der Waals surface area contributed by atoms with Crippen molar-refractivity contribution in [3.63, 3.8) is 0 Å². The molecule has 2 N–H and O–H groups in total. The van der Waals surface area contributed by atoms with Gasteiger partial charge in [0.05, 0.1) is 7.05 Å². The number of aryl methyl sites for hydroxylation is 2. The zero-order valence-electron chi connectivity index (χ0n) is 12.5. The van der Waals surface area contributed by atoms with Crippen LogP contribution in [-0.2, 0) is 11.3 Å². The van der Waals surface area contributed by atoms with Crippen LogP contribution in [-0.4, -0.2) is 19.5 Å². The minimum Gasteiger partial charge on any atom is -0.460 e. The molecule has 1 unspecified atom stereocenters. The summed E-state index contributed by atoms with van der Waals surface area (Å²) in [6.45, 7) is 4.89. The Bertz CT molecular complexity index is 637. The summed E-state index contributed by atoms with van der Waals surface area (Å²) in [6, 6.07) is 9.33. The zero-order chi connectivity index (χ0) is 15.4. The van der Waals surface area contributed by atoms with E-state index in [1.54, 1.807) is 6.07 Å². The Balaban J connectivity index is 1.90. The molecule has 1 aromatic heterocycles. The predicted molar refractivity (Wildman–Crippen MR) is 83.7 cm³/mol. The number of halogens is 1. The molecule has 21 heavy (non-hydrogen) atoms. The first-order valence-electron chi connectivity index (χ1n) is 6.86. The Labute approximate surface area is 129 Å². The van der Waals surface area contributed by atoms with Crippen LogP contribution in [0.4, 0.5) is 5.69 Å². The third-order valence-electron chi connectivity index (χ3n) is 3.21. The number of hydrogen-bond donors (Lipinski definition) is 2. The molecular formula is C16H20ClN2O2+. The molecule has 0 aliphatic rings. The van der Waals surface area contributed by atoms with Crippen molar-refractivity contribution in [1.29, 1.82) is 0 Å². The Morgan fingerprint density at radius 1 is 1.29 bits per heavy atom. The van der Waals surface area contributed by atoms with Gasteiger partial charge in [0.15, 0.2) is 12.3 Å². The highest BCUT2D eigenvalue weighted by Gasteiger charge is 2.13. The van der Waals surface area contributed by atoms with Gasteiger partial charge in [0.1, 0.15) is 12.3 Å². The van der Waals surface area contributed by atoms with Crippen molar-refractivity contribution in [3.8, 4) is 0 Å². The molecule has 2 rings (SSSR count).